The second kappa shape index (κ2) is 6.67. The number of hydrogen-bond donors (Lipinski definition) is 1. The molecule has 0 aromatic rings. The highest BCUT2D eigenvalue weighted by Crippen LogP contribution is 2.65. The van der Waals surface area contributed by atoms with Gasteiger partial charge in [0.05, 0.1) is 7.11 Å². The van der Waals surface area contributed by atoms with Crippen molar-refractivity contribution < 1.29 is 23.9 Å². The summed E-state index contributed by atoms with van der Waals surface area (Å²) in [5.41, 5.74) is -1.19. The molecule has 27 heavy (non-hydrogen) atoms. The van der Waals surface area contributed by atoms with E-state index in [1.807, 2.05) is 20.8 Å². The number of amides is 2. The largest absolute Gasteiger partial charge is 0.467 e. The minimum Gasteiger partial charge on any atom is -0.467 e. The standard InChI is InChI=1S/C20H34N2O5/c1-18(2,3)14(21-17(25)27-19(4,5)6)15(23)22-10-11-12(20(11,7)8)13(22)16(24)26-9/h11-14H,10H2,1-9H3,(H,21,25)/t11-,12-,13-,14?/m0/s1. The summed E-state index contributed by atoms with van der Waals surface area (Å²) < 4.78 is 10.3. The Morgan fingerprint density at radius 1 is 1.11 bits per heavy atom. The Labute approximate surface area is 162 Å². The van der Waals surface area contributed by atoms with Crippen LogP contribution in [0.25, 0.3) is 0 Å². The van der Waals surface area contributed by atoms with Crippen molar-refractivity contribution in [2.75, 3.05) is 13.7 Å². The van der Waals surface area contributed by atoms with E-state index in [0.29, 0.717) is 6.54 Å². The molecule has 1 N–H and O–H groups in total. The number of ether oxygens (including phenoxy) is 2. The molecule has 2 aliphatic rings. The van der Waals surface area contributed by atoms with Gasteiger partial charge in [-0.2, -0.15) is 0 Å². The molecule has 1 saturated carbocycles. The molecule has 0 bridgehead atoms. The number of alkyl carbamates (subject to hydrolysis) is 1. The number of esters is 1. The van der Waals surface area contributed by atoms with Crippen molar-refractivity contribution in [3.63, 3.8) is 0 Å². The number of carbonyl (C=O) groups is 3. The molecule has 1 unspecified atom stereocenters. The molecule has 7 heteroatoms. The summed E-state index contributed by atoms with van der Waals surface area (Å²) in [4.78, 5) is 39.6. The molecule has 4 atom stereocenters. The van der Waals surface area contributed by atoms with Crippen molar-refractivity contribution >= 4 is 18.0 Å². The number of nitrogens with zero attached hydrogens (tertiary/aromatic N) is 1. The van der Waals surface area contributed by atoms with E-state index in [0.717, 1.165) is 0 Å². The van der Waals surface area contributed by atoms with Crippen molar-refractivity contribution in [1.29, 1.82) is 0 Å². The number of carbonyl (C=O) groups excluding carboxylic acids is 3. The van der Waals surface area contributed by atoms with Gasteiger partial charge in [0, 0.05) is 12.5 Å². The Hall–Kier alpha value is -1.79. The summed E-state index contributed by atoms with van der Waals surface area (Å²) in [6.45, 7) is 15.7. The van der Waals surface area contributed by atoms with Gasteiger partial charge in [-0.3, -0.25) is 4.79 Å². The molecule has 7 nitrogen and oxygen atoms in total. The van der Waals surface area contributed by atoms with Crippen LogP contribution in [0.2, 0.25) is 0 Å². The van der Waals surface area contributed by atoms with Crippen LogP contribution in [-0.2, 0) is 19.1 Å². The van der Waals surface area contributed by atoms with Gasteiger partial charge in [-0.1, -0.05) is 34.6 Å². The number of piperidine rings is 1. The van der Waals surface area contributed by atoms with E-state index >= 15 is 0 Å². The third-order valence-electron chi connectivity index (χ3n) is 5.71. The van der Waals surface area contributed by atoms with Gasteiger partial charge in [-0.05, 0) is 37.5 Å². The lowest BCUT2D eigenvalue weighted by molar-refractivity contribution is -0.154. The molecular formula is C20H34N2O5. The van der Waals surface area contributed by atoms with Gasteiger partial charge in [0.1, 0.15) is 17.7 Å². The normalized spacial score (nSPS) is 27.4. The molecule has 0 spiro atoms. The lowest BCUT2D eigenvalue weighted by Crippen LogP contribution is -2.58. The maximum absolute atomic E-state index is 13.3. The fourth-order valence-electron chi connectivity index (χ4n) is 4.14. The molecule has 2 amide bonds. The van der Waals surface area contributed by atoms with Gasteiger partial charge in [0.15, 0.2) is 0 Å². The van der Waals surface area contributed by atoms with Crippen LogP contribution in [0.1, 0.15) is 55.4 Å². The zero-order valence-corrected chi connectivity index (χ0v) is 18.0. The van der Waals surface area contributed by atoms with Crippen molar-refractivity contribution in [3.8, 4) is 0 Å². The van der Waals surface area contributed by atoms with Gasteiger partial charge < -0.3 is 19.7 Å². The number of hydrogen-bond acceptors (Lipinski definition) is 5. The summed E-state index contributed by atoms with van der Waals surface area (Å²) in [6.07, 6.45) is -0.643. The third-order valence-corrected chi connectivity index (χ3v) is 5.71. The molecule has 1 saturated heterocycles. The fraction of sp³-hybridized carbons (Fsp3) is 0.850. The zero-order chi connectivity index (χ0) is 20.9. The molecule has 0 aromatic heterocycles. The average Bonchev–Trinajstić information content (AvgIpc) is 2.85. The van der Waals surface area contributed by atoms with E-state index in [4.69, 9.17) is 9.47 Å². The first-order valence-corrected chi connectivity index (χ1v) is 9.49. The van der Waals surface area contributed by atoms with Gasteiger partial charge >= 0.3 is 12.1 Å². The highest BCUT2D eigenvalue weighted by atomic mass is 16.6. The minimum absolute atomic E-state index is 0.0193. The van der Waals surface area contributed by atoms with E-state index in [1.54, 1.807) is 25.7 Å². The molecule has 1 heterocycles. The number of likely N-dealkylation sites (tertiary alicyclic amines) is 1. The Bertz CT molecular complexity index is 629. The highest BCUT2D eigenvalue weighted by Gasteiger charge is 2.70. The maximum Gasteiger partial charge on any atom is 0.408 e. The van der Waals surface area contributed by atoms with Gasteiger partial charge in [-0.15, -0.1) is 0 Å². The quantitative estimate of drug-likeness (QED) is 0.759. The van der Waals surface area contributed by atoms with Crippen LogP contribution >= 0.6 is 0 Å². The number of methoxy groups -OCH3 is 1. The van der Waals surface area contributed by atoms with Crippen molar-refractivity contribution in [3.05, 3.63) is 0 Å². The predicted molar refractivity (Wildman–Crippen MR) is 101 cm³/mol. The van der Waals surface area contributed by atoms with Crippen LogP contribution in [0.4, 0.5) is 4.79 Å². The molecule has 1 aliphatic heterocycles. The second-order valence-corrected chi connectivity index (χ2v) is 10.4. The van der Waals surface area contributed by atoms with Crippen LogP contribution in [0.3, 0.4) is 0 Å². The van der Waals surface area contributed by atoms with E-state index in [2.05, 4.69) is 19.2 Å². The van der Waals surface area contributed by atoms with E-state index in [1.165, 1.54) is 7.11 Å². The van der Waals surface area contributed by atoms with Crippen molar-refractivity contribution in [2.24, 2.45) is 22.7 Å². The summed E-state index contributed by atoms with van der Waals surface area (Å²) >= 11 is 0. The summed E-state index contributed by atoms with van der Waals surface area (Å²) in [5.74, 6) is -0.304. The Morgan fingerprint density at radius 3 is 2.11 bits per heavy atom. The van der Waals surface area contributed by atoms with Crippen molar-refractivity contribution in [1.82, 2.24) is 10.2 Å². The fourth-order valence-corrected chi connectivity index (χ4v) is 4.14. The highest BCUT2D eigenvalue weighted by molar-refractivity contribution is 5.91. The molecule has 0 aromatic carbocycles. The topological polar surface area (TPSA) is 84.9 Å². The van der Waals surface area contributed by atoms with Crippen LogP contribution < -0.4 is 5.32 Å². The van der Waals surface area contributed by atoms with Gasteiger partial charge in [0.25, 0.3) is 0 Å². The molecule has 2 rings (SSSR count). The monoisotopic (exact) mass is 382 g/mol. The first-order valence-electron chi connectivity index (χ1n) is 9.49. The van der Waals surface area contributed by atoms with Crippen molar-refractivity contribution in [2.45, 2.75) is 73.1 Å². The Morgan fingerprint density at radius 2 is 1.67 bits per heavy atom. The zero-order valence-electron chi connectivity index (χ0n) is 18.0. The van der Waals surface area contributed by atoms with Crippen LogP contribution in [0.5, 0.6) is 0 Å². The first-order chi connectivity index (χ1) is 12.1. The minimum atomic E-state index is -0.805. The lowest BCUT2D eigenvalue weighted by Gasteiger charge is -2.37. The number of rotatable bonds is 3. The molecular weight excluding hydrogens is 348 g/mol. The lowest BCUT2D eigenvalue weighted by atomic mass is 9.85. The summed E-state index contributed by atoms with van der Waals surface area (Å²) in [7, 11) is 1.34. The second-order valence-electron chi connectivity index (χ2n) is 10.4. The van der Waals surface area contributed by atoms with E-state index < -0.39 is 35.2 Å². The predicted octanol–water partition coefficient (Wildman–Crippen LogP) is 2.58. The number of nitrogens with one attached hydrogen (secondary N) is 1. The molecule has 1 aliphatic carbocycles. The van der Waals surface area contributed by atoms with Gasteiger partial charge in [0.2, 0.25) is 5.91 Å². The first kappa shape index (κ1) is 21.5. The molecule has 154 valence electrons. The summed E-state index contributed by atoms with van der Waals surface area (Å²) in [6, 6.07) is -1.41. The van der Waals surface area contributed by atoms with Crippen LogP contribution in [0, 0.1) is 22.7 Å². The van der Waals surface area contributed by atoms with Crippen LogP contribution in [0.15, 0.2) is 0 Å². The van der Waals surface area contributed by atoms with E-state index in [-0.39, 0.29) is 23.2 Å². The summed E-state index contributed by atoms with van der Waals surface area (Å²) in [5, 5.41) is 2.71. The SMILES string of the molecule is COC(=O)[C@@H]1[C@@H]2[C@H](CN1C(=O)C(NC(=O)OC(C)(C)C)C(C)(C)C)C2(C)C. The smallest absolute Gasteiger partial charge is 0.408 e. The molecule has 0 radical (unpaired) electrons. The maximum atomic E-state index is 13.3. The Balaban J connectivity index is 2.23. The Kier molecular flexibility index (Phi) is 5.32. The third kappa shape index (κ3) is 4.22. The number of fused-ring (bicyclic) bond motifs is 1. The van der Waals surface area contributed by atoms with E-state index in [9.17, 15) is 14.4 Å². The van der Waals surface area contributed by atoms with Crippen LogP contribution in [-0.4, -0.2) is 54.2 Å². The van der Waals surface area contributed by atoms with Gasteiger partial charge in [-0.25, -0.2) is 9.59 Å². The average molecular weight is 383 g/mol. The molecule has 2 fully saturated rings.